The second-order valence-corrected chi connectivity index (χ2v) is 16.0. The molecule has 3 heteroatoms. The molecule has 288 valence electrons. The van der Waals surface area contributed by atoms with Crippen molar-refractivity contribution in [2.75, 3.05) is 9.80 Å². The minimum Gasteiger partial charge on any atom is -0.456 e. The Morgan fingerprint density at radius 2 is 1.22 bits per heavy atom. The lowest BCUT2D eigenvalue weighted by Crippen LogP contribution is -2.30. The first-order valence-electron chi connectivity index (χ1n) is 21.1. The molecule has 0 saturated heterocycles. The SMILES string of the molecule is C1=CCC(N(c2ccccc2)c2cc(CC(c3ccccc3)c3cccc4c3Cc3ccccc3-4)cc3oc4ccc(N(c5ccccc5)c5ccccc5)cc4c23)C=C1. The zero-order chi connectivity index (χ0) is 39.8. The summed E-state index contributed by atoms with van der Waals surface area (Å²) in [7, 11) is 0. The minimum atomic E-state index is 0.120. The van der Waals surface area contributed by atoms with Gasteiger partial charge in [-0.2, -0.15) is 0 Å². The van der Waals surface area contributed by atoms with Crippen molar-refractivity contribution in [2.45, 2.75) is 31.2 Å². The van der Waals surface area contributed by atoms with Crippen LogP contribution in [0, 0.1) is 0 Å². The molecule has 2 unspecified atom stereocenters. The Hall–Kier alpha value is -7.36. The number of anilines is 5. The van der Waals surface area contributed by atoms with Crippen LogP contribution in [0.2, 0.25) is 0 Å². The largest absolute Gasteiger partial charge is 0.456 e. The first-order valence-corrected chi connectivity index (χ1v) is 21.1. The van der Waals surface area contributed by atoms with Gasteiger partial charge in [0.25, 0.3) is 0 Å². The summed E-state index contributed by atoms with van der Waals surface area (Å²) in [5.74, 6) is 0.143. The lowest BCUT2D eigenvalue weighted by molar-refractivity contribution is 0.667. The van der Waals surface area contributed by atoms with Gasteiger partial charge < -0.3 is 14.2 Å². The van der Waals surface area contributed by atoms with Gasteiger partial charge in [0.05, 0.1) is 17.1 Å². The van der Waals surface area contributed by atoms with Crippen LogP contribution in [-0.2, 0) is 12.8 Å². The van der Waals surface area contributed by atoms with E-state index in [9.17, 15) is 0 Å². The number of para-hydroxylation sites is 3. The Balaban J connectivity index is 1.12. The van der Waals surface area contributed by atoms with E-state index in [0.29, 0.717) is 0 Å². The third-order valence-electron chi connectivity index (χ3n) is 12.4. The van der Waals surface area contributed by atoms with Crippen molar-refractivity contribution in [3.05, 3.63) is 246 Å². The topological polar surface area (TPSA) is 19.6 Å². The molecule has 8 aromatic carbocycles. The zero-order valence-corrected chi connectivity index (χ0v) is 33.4. The highest BCUT2D eigenvalue weighted by atomic mass is 16.3. The average Bonchev–Trinajstić information content (AvgIpc) is 3.89. The van der Waals surface area contributed by atoms with E-state index in [-0.39, 0.29) is 12.0 Å². The van der Waals surface area contributed by atoms with Crippen LogP contribution in [0.1, 0.15) is 40.2 Å². The lowest BCUT2D eigenvalue weighted by Gasteiger charge is -2.33. The van der Waals surface area contributed by atoms with Gasteiger partial charge in [-0.1, -0.05) is 152 Å². The summed E-state index contributed by atoms with van der Waals surface area (Å²) >= 11 is 0. The minimum absolute atomic E-state index is 0.120. The standard InChI is InChI=1S/C57H44N2O/c1-6-19-41(20-7-1)51(50-32-18-31-49-48-30-17-16-21-42(48)38-52(49)50)35-40-36-54(59(45-26-12-4-13-27-45)46-28-14-5-15-29-46)57-53-39-47(33-34-55(53)60-56(57)37-40)58(43-22-8-2-9-23-43)44-24-10-3-11-25-44/h1-28,30-34,36-37,39,46,51H,29,35,38H2. The summed E-state index contributed by atoms with van der Waals surface area (Å²) in [4.78, 5) is 4.87. The monoisotopic (exact) mass is 772 g/mol. The van der Waals surface area contributed by atoms with Gasteiger partial charge in [0, 0.05) is 34.1 Å². The number of furan rings is 1. The molecule has 0 spiro atoms. The van der Waals surface area contributed by atoms with Crippen LogP contribution >= 0.6 is 0 Å². The maximum Gasteiger partial charge on any atom is 0.137 e. The van der Waals surface area contributed by atoms with Crippen molar-refractivity contribution in [3.8, 4) is 11.1 Å². The quantitative estimate of drug-likeness (QED) is 0.138. The van der Waals surface area contributed by atoms with Crippen LogP contribution in [0.3, 0.4) is 0 Å². The fraction of sp³-hybridized carbons (Fsp3) is 0.0877. The predicted molar refractivity (Wildman–Crippen MR) is 250 cm³/mol. The van der Waals surface area contributed by atoms with E-state index in [1.54, 1.807) is 0 Å². The zero-order valence-electron chi connectivity index (χ0n) is 33.4. The molecule has 3 nitrogen and oxygen atoms in total. The Bertz CT molecular complexity index is 2980. The van der Waals surface area contributed by atoms with Gasteiger partial charge in [-0.15, -0.1) is 0 Å². The van der Waals surface area contributed by atoms with E-state index in [4.69, 9.17) is 4.42 Å². The number of fused-ring (bicyclic) bond motifs is 6. The molecule has 2 atom stereocenters. The van der Waals surface area contributed by atoms with Crippen molar-refractivity contribution < 1.29 is 4.42 Å². The van der Waals surface area contributed by atoms with Crippen molar-refractivity contribution in [1.29, 1.82) is 0 Å². The predicted octanol–water partition coefficient (Wildman–Crippen LogP) is 15.0. The Labute approximate surface area is 351 Å². The van der Waals surface area contributed by atoms with Crippen LogP contribution in [0.25, 0.3) is 33.1 Å². The molecule has 2 aliphatic rings. The maximum absolute atomic E-state index is 6.99. The molecule has 60 heavy (non-hydrogen) atoms. The summed E-state index contributed by atoms with van der Waals surface area (Å²) in [6.45, 7) is 0. The van der Waals surface area contributed by atoms with Gasteiger partial charge in [0.1, 0.15) is 11.2 Å². The first kappa shape index (κ1) is 35.8. The molecule has 0 amide bonds. The van der Waals surface area contributed by atoms with E-state index in [0.717, 1.165) is 69.6 Å². The number of hydrogen-bond acceptors (Lipinski definition) is 3. The van der Waals surface area contributed by atoms with Crippen LogP contribution < -0.4 is 9.80 Å². The van der Waals surface area contributed by atoms with E-state index in [2.05, 4.69) is 228 Å². The molecule has 9 aromatic rings. The fourth-order valence-electron chi connectivity index (χ4n) is 9.67. The van der Waals surface area contributed by atoms with Gasteiger partial charge >= 0.3 is 0 Å². The second kappa shape index (κ2) is 15.4. The highest BCUT2D eigenvalue weighted by molar-refractivity contribution is 6.14. The summed E-state index contributed by atoms with van der Waals surface area (Å²) in [5, 5.41) is 2.21. The smallest absolute Gasteiger partial charge is 0.137 e. The normalized spacial score (nSPS) is 14.6. The molecule has 1 heterocycles. The maximum atomic E-state index is 6.99. The molecule has 0 N–H and O–H groups in total. The van der Waals surface area contributed by atoms with Crippen LogP contribution in [0.4, 0.5) is 28.4 Å². The molecular weight excluding hydrogens is 729 g/mol. The van der Waals surface area contributed by atoms with Crippen LogP contribution in [-0.4, -0.2) is 6.04 Å². The Kier molecular flexibility index (Phi) is 9.20. The summed E-state index contributed by atoms with van der Waals surface area (Å²) in [5.41, 5.74) is 16.9. The van der Waals surface area contributed by atoms with E-state index < -0.39 is 0 Å². The van der Waals surface area contributed by atoms with Crippen molar-refractivity contribution >= 4 is 50.4 Å². The summed E-state index contributed by atoms with van der Waals surface area (Å²) in [6, 6.07) is 70.6. The van der Waals surface area contributed by atoms with E-state index >= 15 is 0 Å². The second-order valence-electron chi connectivity index (χ2n) is 16.0. The van der Waals surface area contributed by atoms with E-state index in [1.165, 1.54) is 38.9 Å². The van der Waals surface area contributed by atoms with Crippen molar-refractivity contribution in [1.82, 2.24) is 0 Å². The average molecular weight is 773 g/mol. The van der Waals surface area contributed by atoms with Crippen molar-refractivity contribution in [2.24, 2.45) is 0 Å². The number of hydrogen-bond donors (Lipinski definition) is 0. The molecule has 1 aromatic heterocycles. The molecular formula is C57H44N2O. The number of nitrogens with zero attached hydrogens (tertiary/aromatic N) is 2. The molecule has 0 bridgehead atoms. The fourth-order valence-corrected chi connectivity index (χ4v) is 9.67. The highest BCUT2D eigenvalue weighted by Gasteiger charge is 2.29. The van der Waals surface area contributed by atoms with Crippen LogP contribution in [0.5, 0.6) is 0 Å². The first-order chi connectivity index (χ1) is 29.8. The number of rotatable bonds is 10. The number of benzene rings is 8. The molecule has 2 aliphatic carbocycles. The molecule has 11 rings (SSSR count). The van der Waals surface area contributed by atoms with Gasteiger partial charge in [0.2, 0.25) is 0 Å². The van der Waals surface area contributed by atoms with Gasteiger partial charge in [-0.05, 0) is 125 Å². The van der Waals surface area contributed by atoms with Crippen molar-refractivity contribution in [3.63, 3.8) is 0 Å². The van der Waals surface area contributed by atoms with Crippen LogP contribution in [0.15, 0.2) is 223 Å². The van der Waals surface area contributed by atoms with Gasteiger partial charge in [-0.3, -0.25) is 0 Å². The Morgan fingerprint density at radius 3 is 1.93 bits per heavy atom. The Morgan fingerprint density at radius 1 is 0.550 bits per heavy atom. The van der Waals surface area contributed by atoms with Gasteiger partial charge in [-0.25, -0.2) is 0 Å². The third kappa shape index (κ3) is 6.49. The molecule has 0 fully saturated rings. The lowest BCUT2D eigenvalue weighted by atomic mass is 9.82. The third-order valence-corrected chi connectivity index (χ3v) is 12.4. The molecule has 0 saturated carbocycles. The van der Waals surface area contributed by atoms with E-state index in [1.807, 2.05) is 0 Å². The van der Waals surface area contributed by atoms with Gasteiger partial charge in [0.15, 0.2) is 0 Å². The highest BCUT2D eigenvalue weighted by Crippen LogP contribution is 2.47. The molecule has 0 aliphatic heterocycles. The molecule has 0 radical (unpaired) electrons. The number of allylic oxidation sites excluding steroid dienone is 2. The summed E-state index contributed by atoms with van der Waals surface area (Å²) < 4.78 is 6.99. The summed E-state index contributed by atoms with van der Waals surface area (Å²) in [6.07, 6.45) is 11.6.